The van der Waals surface area contributed by atoms with Gasteiger partial charge in [-0.15, -0.1) is 0 Å². The van der Waals surface area contributed by atoms with Crippen LogP contribution in [0.3, 0.4) is 0 Å². The third kappa shape index (κ3) is 7.53. The summed E-state index contributed by atoms with van der Waals surface area (Å²) in [6, 6.07) is 19.3. The first-order chi connectivity index (χ1) is 28.1. The van der Waals surface area contributed by atoms with E-state index in [1.807, 2.05) is 30.3 Å². The maximum absolute atomic E-state index is 13.5. The molecule has 1 atom stereocenters. The SMILES string of the molecule is CC1(C)C(NC(=O)c2ccc(N3CCN(CC4CCN(c5ccc6c(c5)C(=O)N(C5CCC(=O)NC5=O)C6=O)CC4)CC3)cc2)C(C)(C)C1Oc1ccc(C#N)c(Cl)c1. The Hall–Kier alpha value is -5.45. The minimum Gasteiger partial charge on any atom is -0.489 e. The summed E-state index contributed by atoms with van der Waals surface area (Å²) in [5, 5.41) is 15.1. The number of anilines is 2. The van der Waals surface area contributed by atoms with Gasteiger partial charge in [-0.1, -0.05) is 39.3 Å². The second kappa shape index (κ2) is 15.6. The van der Waals surface area contributed by atoms with Crippen molar-refractivity contribution in [3.8, 4) is 11.8 Å². The Kier molecular flexibility index (Phi) is 10.7. The van der Waals surface area contributed by atoms with Crippen molar-refractivity contribution in [1.29, 1.82) is 5.26 Å². The number of rotatable bonds is 9. The fourth-order valence-electron chi connectivity index (χ4n) is 10.2. The summed E-state index contributed by atoms with van der Waals surface area (Å²) >= 11 is 6.25. The van der Waals surface area contributed by atoms with Gasteiger partial charge in [0.15, 0.2) is 0 Å². The Morgan fingerprint density at radius 3 is 2.12 bits per heavy atom. The molecule has 308 valence electrons. The molecule has 0 radical (unpaired) electrons. The first-order valence-electron chi connectivity index (χ1n) is 20.5. The predicted octanol–water partition coefficient (Wildman–Crippen LogP) is 5.26. The second-order valence-electron chi connectivity index (χ2n) is 17.7. The summed E-state index contributed by atoms with van der Waals surface area (Å²) < 4.78 is 6.38. The summed E-state index contributed by atoms with van der Waals surface area (Å²) in [4.78, 5) is 72.2. The average Bonchev–Trinajstić information content (AvgIpc) is 3.47. The molecule has 0 aromatic heterocycles. The molecule has 59 heavy (non-hydrogen) atoms. The van der Waals surface area contributed by atoms with Crippen molar-refractivity contribution in [2.45, 2.75) is 71.6 Å². The van der Waals surface area contributed by atoms with E-state index in [0.717, 1.165) is 74.9 Å². The number of nitriles is 1. The number of nitrogens with zero attached hydrogens (tertiary/aromatic N) is 5. The minimum absolute atomic E-state index is 0.0914. The van der Waals surface area contributed by atoms with Crippen LogP contribution in [0.2, 0.25) is 5.02 Å². The molecular formula is C45H50ClN7O6. The molecule has 8 rings (SSSR count). The van der Waals surface area contributed by atoms with E-state index >= 15 is 0 Å². The zero-order chi connectivity index (χ0) is 41.8. The summed E-state index contributed by atoms with van der Waals surface area (Å²) in [6.07, 6.45) is 2.08. The molecule has 4 heterocycles. The number of carbonyl (C=O) groups excluding carboxylic acids is 5. The van der Waals surface area contributed by atoms with Crippen LogP contribution in [0.1, 0.15) is 90.0 Å². The number of hydrogen-bond donors (Lipinski definition) is 2. The molecule has 0 spiro atoms. The fourth-order valence-corrected chi connectivity index (χ4v) is 10.4. The largest absolute Gasteiger partial charge is 0.489 e. The lowest BCUT2D eigenvalue weighted by molar-refractivity contribution is -0.164. The number of fused-ring (bicyclic) bond motifs is 1. The van der Waals surface area contributed by atoms with Gasteiger partial charge in [-0.05, 0) is 79.8 Å². The van der Waals surface area contributed by atoms with Gasteiger partial charge in [0.2, 0.25) is 11.8 Å². The van der Waals surface area contributed by atoms with Gasteiger partial charge in [-0.25, -0.2) is 0 Å². The molecule has 14 heteroatoms. The number of hydrogen-bond acceptors (Lipinski definition) is 10. The second-order valence-corrected chi connectivity index (χ2v) is 18.1. The Labute approximate surface area is 349 Å². The quantitative estimate of drug-likeness (QED) is 0.273. The van der Waals surface area contributed by atoms with E-state index in [-0.39, 0.29) is 41.7 Å². The Bertz CT molecular complexity index is 2220. The van der Waals surface area contributed by atoms with Crippen molar-refractivity contribution in [2.75, 3.05) is 55.6 Å². The molecule has 1 saturated carbocycles. The fraction of sp³-hybridized carbons (Fsp3) is 0.467. The predicted molar refractivity (Wildman–Crippen MR) is 223 cm³/mol. The highest BCUT2D eigenvalue weighted by Crippen LogP contribution is 2.55. The Morgan fingerprint density at radius 1 is 0.831 bits per heavy atom. The summed E-state index contributed by atoms with van der Waals surface area (Å²) in [5.41, 5.74) is 2.91. The zero-order valence-corrected chi connectivity index (χ0v) is 34.7. The van der Waals surface area contributed by atoms with E-state index in [9.17, 15) is 29.2 Å². The lowest BCUT2D eigenvalue weighted by atomic mass is 9.49. The number of piperidine rings is 2. The van der Waals surface area contributed by atoms with E-state index in [0.29, 0.717) is 38.9 Å². The minimum atomic E-state index is -0.973. The van der Waals surface area contributed by atoms with Crippen molar-refractivity contribution in [3.63, 3.8) is 0 Å². The van der Waals surface area contributed by atoms with Crippen molar-refractivity contribution in [1.82, 2.24) is 20.4 Å². The first-order valence-corrected chi connectivity index (χ1v) is 20.9. The van der Waals surface area contributed by atoms with Crippen LogP contribution in [-0.2, 0) is 9.59 Å². The van der Waals surface area contributed by atoms with Gasteiger partial charge in [0, 0.05) is 92.1 Å². The van der Waals surface area contributed by atoms with E-state index in [1.165, 1.54) is 0 Å². The van der Waals surface area contributed by atoms with Crippen LogP contribution in [0.25, 0.3) is 0 Å². The number of imide groups is 2. The van der Waals surface area contributed by atoms with E-state index < -0.39 is 29.7 Å². The van der Waals surface area contributed by atoms with Crippen LogP contribution in [0.15, 0.2) is 60.7 Å². The molecular weight excluding hydrogens is 770 g/mol. The summed E-state index contributed by atoms with van der Waals surface area (Å²) in [7, 11) is 0. The first kappa shape index (κ1) is 40.3. The van der Waals surface area contributed by atoms with E-state index in [4.69, 9.17) is 16.3 Å². The topological polar surface area (TPSA) is 155 Å². The average molecular weight is 820 g/mol. The summed E-state index contributed by atoms with van der Waals surface area (Å²) in [6.45, 7) is 14.8. The molecule has 1 aliphatic carbocycles. The molecule has 5 amide bonds. The van der Waals surface area contributed by atoms with Crippen LogP contribution < -0.4 is 25.2 Å². The molecule has 2 N–H and O–H groups in total. The number of ether oxygens (including phenoxy) is 1. The highest BCUT2D eigenvalue weighted by atomic mass is 35.5. The third-order valence-electron chi connectivity index (χ3n) is 13.2. The van der Waals surface area contributed by atoms with Crippen molar-refractivity contribution >= 4 is 52.5 Å². The number of halogens is 1. The molecule has 13 nitrogen and oxygen atoms in total. The smallest absolute Gasteiger partial charge is 0.262 e. The zero-order valence-electron chi connectivity index (χ0n) is 33.9. The number of benzene rings is 3. The van der Waals surface area contributed by atoms with Crippen molar-refractivity contribution in [3.05, 3.63) is 87.9 Å². The lowest BCUT2D eigenvalue weighted by Gasteiger charge is -2.63. The monoisotopic (exact) mass is 819 g/mol. The molecule has 3 aromatic carbocycles. The molecule has 5 aliphatic rings. The van der Waals surface area contributed by atoms with Gasteiger partial charge in [0.05, 0.1) is 21.7 Å². The van der Waals surface area contributed by atoms with Crippen LogP contribution in [0.4, 0.5) is 11.4 Å². The van der Waals surface area contributed by atoms with Crippen molar-refractivity contribution < 1.29 is 28.7 Å². The van der Waals surface area contributed by atoms with Gasteiger partial charge < -0.3 is 19.9 Å². The highest BCUT2D eigenvalue weighted by Gasteiger charge is 2.64. The molecule has 1 unspecified atom stereocenters. The summed E-state index contributed by atoms with van der Waals surface area (Å²) in [5.74, 6) is -0.936. The maximum Gasteiger partial charge on any atom is 0.262 e. The molecule has 4 fully saturated rings. The van der Waals surface area contributed by atoms with Crippen molar-refractivity contribution in [2.24, 2.45) is 16.7 Å². The third-order valence-corrected chi connectivity index (χ3v) is 13.5. The number of carbonyl (C=O) groups is 5. The molecule has 3 aromatic rings. The van der Waals surface area contributed by atoms with Gasteiger partial charge in [0.1, 0.15) is 24.0 Å². The lowest BCUT2D eigenvalue weighted by Crippen LogP contribution is -2.74. The number of piperazine rings is 1. The van der Waals surface area contributed by atoms with E-state index in [1.54, 1.807) is 30.3 Å². The standard InChI is InChI=1S/C45H50ClN7O6/c1-44(2)42(45(3,4)43(44)59-32-11-7-29(25-47)35(46)24-32)49-38(55)28-5-8-30(9-6-28)52-21-19-50(20-22-52)26-27-15-17-51(18-16-27)31-10-12-33-34(23-31)41(58)53(40(33)57)36-13-14-37(54)48-39(36)56/h5-12,23-24,27,36,42-43H,13-22,26H2,1-4H3,(H,49,55)(H,48,54,56). The Balaban J connectivity index is 0.789. The van der Waals surface area contributed by atoms with Gasteiger partial charge in [-0.3, -0.25) is 39.1 Å². The van der Waals surface area contributed by atoms with Gasteiger partial charge in [0.25, 0.3) is 17.7 Å². The Morgan fingerprint density at radius 2 is 1.47 bits per heavy atom. The normalized spacial score (nSPS) is 24.3. The van der Waals surface area contributed by atoms with Gasteiger partial charge >= 0.3 is 0 Å². The van der Waals surface area contributed by atoms with Crippen LogP contribution >= 0.6 is 11.6 Å². The number of amides is 5. The molecule has 3 saturated heterocycles. The maximum atomic E-state index is 13.5. The van der Waals surface area contributed by atoms with Crippen LogP contribution in [-0.4, -0.2) is 103 Å². The van der Waals surface area contributed by atoms with E-state index in [2.05, 4.69) is 59.1 Å². The van der Waals surface area contributed by atoms with Crippen LogP contribution in [0.5, 0.6) is 5.75 Å². The molecule has 4 aliphatic heterocycles. The van der Waals surface area contributed by atoms with Crippen LogP contribution in [0, 0.1) is 28.1 Å². The molecule has 0 bridgehead atoms. The highest BCUT2D eigenvalue weighted by molar-refractivity contribution is 6.31. The number of nitrogens with one attached hydrogen (secondary N) is 2. The van der Waals surface area contributed by atoms with Gasteiger partial charge in [-0.2, -0.15) is 5.26 Å².